The first-order valence-corrected chi connectivity index (χ1v) is 8.83. The van der Waals surface area contributed by atoms with E-state index in [0.29, 0.717) is 11.3 Å². The molecule has 0 saturated carbocycles. The van der Waals surface area contributed by atoms with Gasteiger partial charge in [-0.15, -0.1) is 0 Å². The fraction of sp³-hybridized carbons (Fsp3) is 0.0909. The predicted octanol–water partition coefficient (Wildman–Crippen LogP) is 4.77. The Morgan fingerprint density at radius 2 is 1.75 bits per heavy atom. The summed E-state index contributed by atoms with van der Waals surface area (Å²) in [4.78, 5) is 17.0. The van der Waals surface area contributed by atoms with Gasteiger partial charge in [0.15, 0.2) is 0 Å². The predicted molar refractivity (Wildman–Crippen MR) is 103 cm³/mol. The molecule has 2 aromatic heterocycles. The summed E-state index contributed by atoms with van der Waals surface area (Å²) in [7, 11) is 0. The number of carbonyl (C=O) groups is 1. The molecule has 0 aliphatic heterocycles. The zero-order valence-electron chi connectivity index (χ0n) is 14.8. The number of aromatic nitrogens is 2. The van der Waals surface area contributed by atoms with Gasteiger partial charge in [0.2, 0.25) is 5.91 Å². The van der Waals surface area contributed by atoms with Crippen molar-refractivity contribution in [3.63, 3.8) is 0 Å². The van der Waals surface area contributed by atoms with Crippen LogP contribution in [-0.4, -0.2) is 15.3 Å². The third-order valence-electron chi connectivity index (χ3n) is 4.60. The molecule has 1 N–H and O–H groups in total. The van der Waals surface area contributed by atoms with Gasteiger partial charge in [-0.3, -0.25) is 4.79 Å². The summed E-state index contributed by atoms with van der Waals surface area (Å²) in [6, 6.07) is 17.5. The standard InChI is InChI=1S/C22H17F2N3O/c23-15-8-10-16(11-9-15)26-22(28)13-18(17-5-1-2-6-19(17)24)20-14-25-21-7-3-4-12-27(20)21/h1-12,14,18H,13H2,(H,26,28). The lowest BCUT2D eigenvalue weighted by Gasteiger charge is -2.18. The van der Waals surface area contributed by atoms with Crippen molar-refractivity contribution in [3.05, 3.63) is 102 Å². The lowest BCUT2D eigenvalue weighted by Crippen LogP contribution is -2.18. The molecule has 0 aliphatic carbocycles. The largest absolute Gasteiger partial charge is 0.326 e. The number of amides is 1. The number of fused-ring (bicyclic) bond motifs is 1. The van der Waals surface area contributed by atoms with Gasteiger partial charge in [-0.05, 0) is 48.0 Å². The van der Waals surface area contributed by atoms with Crippen LogP contribution in [0.3, 0.4) is 0 Å². The molecule has 6 heteroatoms. The maximum atomic E-state index is 14.6. The number of pyridine rings is 1. The van der Waals surface area contributed by atoms with E-state index in [9.17, 15) is 13.6 Å². The molecule has 1 unspecified atom stereocenters. The molecule has 0 fully saturated rings. The number of imidazole rings is 1. The highest BCUT2D eigenvalue weighted by Gasteiger charge is 2.24. The highest BCUT2D eigenvalue weighted by molar-refractivity contribution is 5.91. The summed E-state index contributed by atoms with van der Waals surface area (Å²) in [5, 5.41) is 2.74. The molecule has 1 amide bonds. The third-order valence-corrected chi connectivity index (χ3v) is 4.60. The molecule has 1 atom stereocenters. The molecule has 0 bridgehead atoms. The van der Waals surface area contributed by atoms with E-state index in [2.05, 4.69) is 10.3 Å². The van der Waals surface area contributed by atoms with Gasteiger partial charge in [0.25, 0.3) is 0 Å². The van der Waals surface area contributed by atoms with Gasteiger partial charge in [0.1, 0.15) is 17.3 Å². The molecule has 2 heterocycles. The Labute approximate surface area is 160 Å². The molecule has 0 aliphatic rings. The molecular weight excluding hydrogens is 360 g/mol. The van der Waals surface area contributed by atoms with E-state index >= 15 is 0 Å². The first-order chi connectivity index (χ1) is 13.6. The van der Waals surface area contributed by atoms with Crippen molar-refractivity contribution in [1.29, 1.82) is 0 Å². The number of anilines is 1. The molecule has 4 aromatic rings. The summed E-state index contributed by atoms with van der Waals surface area (Å²) in [6.07, 6.45) is 3.52. The van der Waals surface area contributed by atoms with Crippen molar-refractivity contribution in [2.75, 3.05) is 5.32 Å². The summed E-state index contributed by atoms with van der Waals surface area (Å²) in [5.74, 6) is -1.59. The first kappa shape index (κ1) is 17.9. The Morgan fingerprint density at radius 3 is 2.54 bits per heavy atom. The van der Waals surface area contributed by atoms with Crippen LogP contribution in [0.2, 0.25) is 0 Å². The lowest BCUT2D eigenvalue weighted by molar-refractivity contribution is -0.116. The quantitative estimate of drug-likeness (QED) is 0.544. The summed E-state index contributed by atoms with van der Waals surface area (Å²) in [5.41, 5.74) is 2.34. The van der Waals surface area contributed by atoms with E-state index in [4.69, 9.17) is 0 Å². The fourth-order valence-corrected chi connectivity index (χ4v) is 3.27. The minimum atomic E-state index is -0.529. The van der Waals surface area contributed by atoms with E-state index in [-0.39, 0.29) is 24.0 Å². The zero-order valence-corrected chi connectivity index (χ0v) is 14.8. The van der Waals surface area contributed by atoms with E-state index in [1.165, 1.54) is 30.3 Å². The minimum Gasteiger partial charge on any atom is -0.326 e. The average Bonchev–Trinajstić information content (AvgIpc) is 3.13. The number of nitrogens with zero attached hydrogens (tertiary/aromatic N) is 2. The van der Waals surface area contributed by atoms with Crippen LogP contribution >= 0.6 is 0 Å². The van der Waals surface area contributed by atoms with E-state index in [1.54, 1.807) is 24.4 Å². The molecular formula is C22H17F2N3O. The van der Waals surface area contributed by atoms with Crippen molar-refractivity contribution in [2.45, 2.75) is 12.3 Å². The van der Waals surface area contributed by atoms with Crippen LogP contribution in [0.15, 0.2) is 79.1 Å². The van der Waals surface area contributed by atoms with Gasteiger partial charge in [0, 0.05) is 30.4 Å². The van der Waals surface area contributed by atoms with Crippen LogP contribution in [0.5, 0.6) is 0 Å². The summed E-state index contributed by atoms with van der Waals surface area (Å²) in [6.45, 7) is 0. The first-order valence-electron chi connectivity index (χ1n) is 8.83. The van der Waals surface area contributed by atoms with Crippen LogP contribution < -0.4 is 5.32 Å². The summed E-state index contributed by atoms with van der Waals surface area (Å²) >= 11 is 0. The van der Waals surface area contributed by atoms with Crippen molar-refractivity contribution >= 4 is 17.2 Å². The second-order valence-corrected chi connectivity index (χ2v) is 6.45. The highest BCUT2D eigenvalue weighted by atomic mass is 19.1. The second-order valence-electron chi connectivity index (χ2n) is 6.45. The number of halogens is 2. The van der Waals surface area contributed by atoms with Crippen LogP contribution in [0, 0.1) is 11.6 Å². The molecule has 0 saturated heterocycles. The smallest absolute Gasteiger partial charge is 0.225 e. The van der Waals surface area contributed by atoms with Crippen LogP contribution in [0.1, 0.15) is 23.6 Å². The van der Waals surface area contributed by atoms with Crippen molar-refractivity contribution in [1.82, 2.24) is 9.38 Å². The van der Waals surface area contributed by atoms with E-state index < -0.39 is 5.92 Å². The number of hydrogen-bond acceptors (Lipinski definition) is 2. The van der Waals surface area contributed by atoms with E-state index in [0.717, 1.165) is 11.3 Å². The molecule has 4 rings (SSSR count). The molecule has 2 aromatic carbocycles. The molecule has 140 valence electrons. The van der Waals surface area contributed by atoms with Crippen molar-refractivity contribution in [3.8, 4) is 0 Å². The Morgan fingerprint density at radius 1 is 1.00 bits per heavy atom. The van der Waals surface area contributed by atoms with Crippen LogP contribution in [-0.2, 0) is 4.79 Å². The summed E-state index contributed by atoms with van der Waals surface area (Å²) < 4.78 is 29.5. The lowest BCUT2D eigenvalue weighted by atomic mass is 9.92. The number of rotatable bonds is 5. The Kier molecular flexibility index (Phi) is 4.85. The number of benzene rings is 2. The molecule has 0 spiro atoms. The van der Waals surface area contributed by atoms with Gasteiger partial charge in [0.05, 0.1) is 5.69 Å². The Bertz CT molecular complexity index is 1120. The van der Waals surface area contributed by atoms with Gasteiger partial charge in [-0.25, -0.2) is 13.8 Å². The maximum Gasteiger partial charge on any atom is 0.225 e. The fourth-order valence-electron chi connectivity index (χ4n) is 3.27. The Hall–Kier alpha value is -3.54. The van der Waals surface area contributed by atoms with Gasteiger partial charge in [-0.1, -0.05) is 24.3 Å². The van der Waals surface area contributed by atoms with Gasteiger partial charge >= 0.3 is 0 Å². The second kappa shape index (κ2) is 7.60. The monoisotopic (exact) mass is 377 g/mol. The minimum absolute atomic E-state index is 0.0149. The topological polar surface area (TPSA) is 46.4 Å². The number of carbonyl (C=O) groups excluding carboxylic acids is 1. The van der Waals surface area contributed by atoms with Crippen LogP contribution in [0.4, 0.5) is 14.5 Å². The van der Waals surface area contributed by atoms with Gasteiger partial charge < -0.3 is 9.72 Å². The molecule has 28 heavy (non-hydrogen) atoms. The molecule has 0 radical (unpaired) electrons. The normalized spacial score (nSPS) is 12.1. The van der Waals surface area contributed by atoms with Crippen molar-refractivity contribution in [2.24, 2.45) is 0 Å². The maximum absolute atomic E-state index is 14.6. The van der Waals surface area contributed by atoms with Crippen molar-refractivity contribution < 1.29 is 13.6 Å². The molecule has 4 nitrogen and oxygen atoms in total. The zero-order chi connectivity index (χ0) is 19.5. The van der Waals surface area contributed by atoms with Gasteiger partial charge in [-0.2, -0.15) is 0 Å². The highest BCUT2D eigenvalue weighted by Crippen LogP contribution is 2.31. The average molecular weight is 377 g/mol. The van der Waals surface area contributed by atoms with Crippen LogP contribution in [0.25, 0.3) is 5.65 Å². The number of nitrogens with one attached hydrogen (secondary N) is 1. The third kappa shape index (κ3) is 3.62. The Balaban J connectivity index is 1.68. The number of hydrogen-bond donors (Lipinski definition) is 1. The SMILES string of the molecule is O=C(CC(c1ccccc1F)c1cnc2ccccn12)Nc1ccc(F)cc1. The van der Waals surface area contributed by atoms with E-state index in [1.807, 2.05) is 28.8 Å².